The van der Waals surface area contributed by atoms with Gasteiger partial charge in [0.25, 0.3) is 6.01 Å². The molecule has 1 aliphatic rings. The highest BCUT2D eigenvalue weighted by molar-refractivity contribution is 9.15. The zero-order valence-corrected chi connectivity index (χ0v) is 24.9. The summed E-state index contributed by atoms with van der Waals surface area (Å²) in [5.41, 5.74) is 2.58. The van der Waals surface area contributed by atoms with Crippen molar-refractivity contribution in [1.82, 2.24) is 19.8 Å². The van der Waals surface area contributed by atoms with Crippen LogP contribution in [0.3, 0.4) is 0 Å². The van der Waals surface area contributed by atoms with E-state index in [1.54, 1.807) is 11.9 Å². The topological polar surface area (TPSA) is 88.5 Å². The summed E-state index contributed by atoms with van der Waals surface area (Å²) < 4.78 is 9.10. The maximum absolute atomic E-state index is 14.0. The third kappa shape index (κ3) is 7.18. The standard InChI is InChI=1S/C29H42BrN5O3/c1-7-8-9-13-16-24(32-22-14-11-10-12-15-22)28(37)34-18-23(17-25(34)27(36)31-6)38-29-33-26(20(4)30)21(5)35(29)19(2)3/h10-12,14-15,19,23-25,32H,4,7-9,13,16-18H2,1-3,5-6H3,(H,31,36). The van der Waals surface area contributed by atoms with Gasteiger partial charge in [-0.2, -0.15) is 4.98 Å². The van der Waals surface area contributed by atoms with E-state index in [1.165, 1.54) is 0 Å². The second kappa shape index (κ2) is 13.8. The largest absolute Gasteiger partial charge is 0.459 e. The van der Waals surface area contributed by atoms with Crippen LogP contribution >= 0.6 is 15.9 Å². The molecule has 0 bridgehead atoms. The van der Waals surface area contributed by atoms with Crippen molar-refractivity contribution in [2.75, 3.05) is 18.9 Å². The van der Waals surface area contributed by atoms with Crippen molar-refractivity contribution in [3.05, 3.63) is 48.3 Å². The first-order valence-electron chi connectivity index (χ1n) is 13.6. The van der Waals surface area contributed by atoms with Crippen LogP contribution in [0, 0.1) is 6.92 Å². The first-order valence-corrected chi connectivity index (χ1v) is 14.4. The summed E-state index contributed by atoms with van der Waals surface area (Å²) in [7, 11) is 1.60. The second-order valence-electron chi connectivity index (χ2n) is 10.2. The summed E-state index contributed by atoms with van der Waals surface area (Å²) in [6.45, 7) is 12.6. The second-order valence-corrected chi connectivity index (χ2v) is 11.2. The first-order chi connectivity index (χ1) is 18.2. The number of likely N-dealkylation sites (tertiary alicyclic amines) is 1. The monoisotopic (exact) mass is 587 g/mol. The fraction of sp³-hybridized carbons (Fsp3) is 0.552. The van der Waals surface area contributed by atoms with Gasteiger partial charge in [0.15, 0.2) is 0 Å². The van der Waals surface area contributed by atoms with Gasteiger partial charge in [0.05, 0.1) is 6.54 Å². The minimum absolute atomic E-state index is 0.0806. The molecule has 208 valence electrons. The lowest BCUT2D eigenvalue weighted by Gasteiger charge is -2.29. The zero-order chi connectivity index (χ0) is 27.8. The number of aromatic nitrogens is 2. The molecule has 2 heterocycles. The molecule has 0 saturated carbocycles. The predicted octanol–water partition coefficient (Wildman–Crippen LogP) is 5.68. The quantitative estimate of drug-likeness (QED) is 0.294. The Kier molecular flexibility index (Phi) is 10.8. The van der Waals surface area contributed by atoms with E-state index in [0.717, 1.165) is 42.8 Å². The molecule has 2 N–H and O–H groups in total. The third-order valence-electron chi connectivity index (χ3n) is 7.02. The van der Waals surface area contributed by atoms with Gasteiger partial charge in [-0.3, -0.25) is 14.2 Å². The normalized spacial score (nSPS) is 17.9. The van der Waals surface area contributed by atoms with E-state index in [-0.39, 0.29) is 24.0 Å². The lowest BCUT2D eigenvalue weighted by atomic mass is 10.0. The maximum Gasteiger partial charge on any atom is 0.297 e. The summed E-state index contributed by atoms with van der Waals surface area (Å²) in [5, 5.41) is 6.16. The molecule has 1 saturated heterocycles. The van der Waals surface area contributed by atoms with Crippen LogP contribution in [-0.4, -0.2) is 58.0 Å². The lowest BCUT2D eigenvalue weighted by molar-refractivity contribution is -0.139. The summed E-state index contributed by atoms with van der Waals surface area (Å²) >= 11 is 3.44. The van der Waals surface area contributed by atoms with Crippen LogP contribution in [-0.2, 0) is 9.59 Å². The van der Waals surface area contributed by atoms with Crippen LogP contribution in [0.4, 0.5) is 5.69 Å². The highest BCUT2D eigenvalue weighted by atomic mass is 79.9. The van der Waals surface area contributed by atoms with Crippen molar-refractivity contribution in [3.63, 3.8) is 0 Å². The van der Waals surface area contributed by atoms with Crippen molar-refractivity contribution in [2.45, 2.75) is 90.4 Å². The Morgan fingerprint density at radius 3 is 2.53 bits per heavy atom. The van der Waals surface area contributed by atoms with Gasteiger partial charge in [0, 0.05) is 35.4 Å². The molecule has 38 heavy (non-hydrogen) atoms. The van der Waals surface area contributed by atoms with Crippen molar-refractivity contribution in [1.29, 1.82) is 0 Å². The van der Waals surface area contributed by atoms with Crippen LogP contribution in [0.5, 0.6) is 6.01 Å². The Morgan fingerprint density at radius 1 is 1.21 bits per heavy atom. The van der Waals surface area contributed by atoms with E-state index in [4.69, 9.17) is 4.74 Å². The molecular formula is C29H42BrN5O3. The summed E-state index contributed by atoms with van der Waals surface area (Å²) in [5.74, 6) is -0.269. The summed E-state index contributed by atoms with van der Waals surface area (Å²) in [6.07, 6.45) is 5.00. The van der Waals surface area contributed by atoms with Crippen molar-refractivity contribution < 1.29 is 14.3 Å². The lowest BCUT2D eigenvalue weighted by Crippen LogP contribution is -2.50. The number of para-hydroxylation sites is 1. The van der Waals surface area contributed by atoms with E-state index >= 15 is 0 Å². The van der Waals surface area contributed by atoms with Crippen LogP contribution in [0.15, 0.2) is 36.9 Å². The van der Waals surface area contributed by atoms with E-state index < -0.39 is 12.1 Å². The molecule has 1 fully saturated rings. The molecule has 3 rings (SSSR count). The predicted molar refractivity (Wildman–Crippen MR) is 157 cm³/mol. The minimum atomic E-state index is -0.609. The number of benzene rings is 1. The fourth-order valence-electron chi connectivity index (χ4n) is 5.10. The molecule has 1 aromatic carbocycles. The molecule has 2 aromatic rings. The summed E-state index contributed by atoms with van der Waals surface area (Å²) in [6, 6.07) is 9.32. The Bertz CT molecular complexity index is 1100. The number of rotatable bonds is 13. The van der Waals surface area contributed by atoms with Gasteiger partial charge in [-0.25, -0.2) is 0 Å². The average molecular weight is 589 g/mol. The number of halogens is 1. The molecule has 8 nitrogen and oxygen atoms in total. The van der Waals surface area contributed by atoms with Crippen molar-refractivity contribution in [2.24, 2.45) is 0 Å². The van der Waals surface area contributed by atoms with Gasteiger partial charge < -0.3 is 20.3 Å². The Balaban J connectivity index is 1.84. The maximum atomic E-state index is 14.0. The highest BCUT2D eigenvalue weighted by Gasteiger charge is 2.43. The van der Waals surface area contributed by atoms with E-state index in [2.05, 4.69) is 58.9 Å². The molecule has 0 aliphatic carbocycles. The van der Waals surface area contributed by atoms with E-state index in [0.29, 0.717) is 29.9 Å². The number of nitrogens with zero attached hydrogens (tertiary/aromatic N) is 3. The number of ether oxygens (including phenoxy) is 1. The fourth-order valence-corrected chi connectivity index (χ4v) is 5.47. The van der Waals surface area contributed by atoms with Gasteiger partial charge >= 0.3 is 0 Å². The number of carbonyl (C=O) groups excluding carboxylic acids is 2. The van der Waals surface area contributed by atoms with Crippen LogP contribution in [0.25, 0.3) is 4.48 Å². The average Bonchev–Trinajstić information content (AvgIpc) is 3.46. The van der Waals surface area contributed by atoms with Gasteiger partial charge in [0.2, 0.25) is 11.8 Å². The molecule has 9 heteroatoms. The molecule has 3 atom stereocenters. The Labute approximate surface area is 235 Å². The van der Waals surface area contributed by atoms with Crippen LogP contribution in [0.2, 0.25) is 0 Å². The molecular weight excluding hydrogens is 546 g/mol. The first kappa shape index (κ1) is 29.7. The molecule has 2 amide bonds. The number of imidazole rings is 1. The van der Waals surface area contributed by atoms with Crippen LogP contribution < -0.4 is 15.4 Å². The number of anilines is 1. The smallest absolute Gasteiger partial charge is 0.297 e. The van der Waals surface area contributed by atoms with Gasteiger partial charge in [0.1, 0.15) is 23.9 Å². The van der Waals surface area contributed by atoms with Crippen molar-refractivity contribution in [3.8, 4) is 6.01 Å². The van der Waals surface area contributed by atoms with Gasteiger partial charge in [-0.15, -0.1) is 0 Å². The van der Waals surface area contributed by atoms with Gasteiger partial charge in [-0.05, 0) is 55.3 Å². The molecule has 0 spiro atoms. The van der Waals surface area contributed by atoms with Crippen LogP contribution in [0.1, 0.15) is 76.7 Å². The van der Waals surface area contributed by atoms with E-state index in [1.807, 2.05) is 41.8 Å². The van der Waals surface area contributed by atoms with Gasteiger partial charge in [-0.1, -0.05) is 57.4 Å². The molecule has 3 unspecified atom stereocenters. The Morgan fingerprint density at radius 2 is 1.92 bits per heavy atom. The number of unbranched alkanes of at least 4 members (excludes halogenated alkanes) is 3. The SMILES string of the molecule is C=C(Br)c1nc(OC2CC(C(=O)NC)N(C(=O)C(CCCCCC)Nc3ccccc3)C2)n(C(C)C)c1C. The minimum Gasteiger partial charge on any atom is -0.459 e. The van der Waals surface area contributed by atoms with Crippen molar-refractivity contribution >= 4 is 37.9 Å². The number of carbonyl (C=O) groups is 2. The molecule has 0 radical (unpaired) electrons. The zero-order valence-electron chi connectivity index (χ0n) is 23.3. The third-order valence-corrected chi connectivity index (χ3v) is 7.39. The molecule has 1 aromatic heterocycles. The highest BCUT2D eigenvalue weighted by Crippen LogP contribution is 2.32. The number of nitrogens with one attached hydrogen (secondary N) is 2. The number of hydrogen-bond acceptors (Lipinski definition) is 5. The number of hydrogen-bond donors (Lipinski definition) is 2. The van der Waals surface area contributed by atoms with E-state index in [9.17, 15) is 9.59 Å². The molecule has 1 aliphatic heterocycles. The Hall–Kier alpha value is -2.81. The summed E-state index contributed by atoms with van der Waals surface area (Å²) in [4.78, 5) is 33.2. The number of likely N-dealkylation sites (N-methyl/N-ethyl adjacent to an activating group) is 1. The number of amides is 2.